The molecule has 1 atom stereocenters. The van der Waals surface area contributed by atoms with E-state index in [1.165, 1.54) is 9.75 Å². The number of aryl methyl sites for hydroxylation is 1. The van der Waals surface area contributed by atoms with Gasteiger partial charge < -0.3 is 10.2 Å². The van der Waals surface area contributed by atoms with Crippen molar-refractivity contribution in [2.75, 3.05) is 24.3 Å². The third kappa shape index (κ3) is 2.82. The Morgan fingerprint density at radius 1 is 1.28 bits per heavy atom. The summed E-state index contributed by atoms with van der Waals surface area (Å²) >= 11 is 1.83. The fraction of sp³-hybridized carbons (Fsp3) is 0.357. The number of hydrogen-bond donors (Lipinski definition) is 1. The summed E-state index contributed by atoms with van der Waals surface area (Å²) in [6, 6.07) is 8.67. The van der Waals surface area contributed by atoms with Gasteiger partial charge in [0.1, 0.15) is 0 Å². The van der Waals surface area contributed by atoms with Crippen LogP contribution in [0.2, 0.25) is 0 Å². The number of pyridine rings is 1. The second-order valence-electron chi connectivity index (χ2n) is 4.58. The number of thiophene rings is 1. The molecule has 0 amide bonds. The highest BCUT2D eigenvalue weighted by atomic mass is 32.1. The predicted molar refractivity (Wildman–Crippen MR) is 79.7 cm³/mol. The molecule has 1 unspecified atom stereocenters. The second kappa shape index (κ2) is 5.40. The topological polar surface area (TPSA) is 28.2 Å². The lowest BCUT2D eigenvalue weighted by Gasteiger charge is -2.20. The molecule has 0 fully saturated rings. The summed E-state index contributed by atoms with van der Waals surface area (Å²) in [7, 11) is 4.01. The van der Waals surface area contributed by atoms with Gasteiger partial charge in [0.2, 0.25) is 0 Å². The summed E-state index contributed by atoms with van der Waals surface area (Å²) in [5.41, 5.74) is 1.07. The summed E-state index contributed by atoms with van der Waals surface area (Å²) in [5, 5.41) is 3.53. The van der Waals surface area contributed by atoms with Crippen LogP contribution in [-0.4, -0.2) is 19.1 Å². The van der Waals surface area contributed by atoms with Crippen LogP contribution in [0.25, 0.3) is 0 Å². The zero-order chi connectivity index (χ0) is 13.1. The molecule has 3 nitrogen and oxygen atoms in total. The zero-order valence-electron chi connectivity index (χ0n) is 11.3. The van der Waals surface area contributed by atoms with E-state index >= 15 is 0 Å². The largest absolute Gasteiger partial charge is 0.375 e. The molecule has 0 aliphatic heterocycles. The molecule has 0 spiro atoms. The van der Waals surface area contributed by atoms with Gasteiger partial charge in [-0.15, -0.1) is 11.3 Å². The Bertz CT molecular complexity index is 519. The Morgan fingerprint density at radius 2 is 2.06 bits per heavy atom. The van der Waals surface area contributed by atoms with Crippen molar-refractivity contribution in [2.24, 2.45) is 0 Å². The van der Waals surface area contributed by atoms with Crippen molar-refractivity contribution < 1.29 is 0 Å². The van der Waals surface area contributed by atoms with Crippen LogP contribution < -0.4 is 10.2 Å². The molecule has 0 aromatic carbocycles. The number of nitrogens with one attached hydrogen (secondary N) is 1. The number of anilines is 2. The molecule has 18 heavy (non-hydrogen) atoms. The lowest BCUT2D eigenvalue weighted by atomic mass is 10.2. The fourth-order valence-electron chi connectivity index (χ4n) is 1.86. The molecule has 96 valence electrons. The van der Waals surface area contributed by atoms with E-state index < -0.39 is 0 Å². The van der Waals surface area contributed by atoms with E-state index in [0.717, 1.165) is 11.5 Å². The Morgan fingerprint density at radius 3 is 2.67 bits per heavy atom. The number of hydrogen-bond acceptors (Lipinski definition) is 4. The van der Waals surface area contributed by atoms with Gasteiger partial charge in [0, 0.05) is 30.0 Å². The molecule has 0 saturated heterocycles. The van der Waals surface area contributed by atoms with Crippen molar-refractivity contribution in [3.8, 4) is 0 Å². The maximum Gasteiger partial charge on any atom is 0.151 e. The normalized spacial score (nSPS) is 12.2. The van der Waals surface area contributed by atoms with Crippen LogP contribution in [0.4, 0.5) is 11.5 Å². The highest BCUT2D eigenvalue weighted by molar-refractivity contribution is 7.12. The zero-order valence-corrected chi connectivity index (χ0v) is 12.1. The molecule has 0 aliphatic carbocycles. The number of rotatable bonds is 4. The first-order chi connectivity index (χ1) is 8.58. The van der Waals surface area contributed by atoms with E-state index in [4.69, 9.17) is 0 Å². The summed E-state index contributed by atoms with van der Waals surface area (Å²) in [6.45, 7) is 4.31. The van der Waals surface area contributed by atoms with Crippen LogP contribution in [0.15, 0.2) is 30.5 Å². The monoisotopic (exact) mass is 261 g/mol. The minimum absolute atomic E-state index is 0.298. The smallest absolute Gasteiger partial charge is 0.151 e. The van der Waals surface area contributed by atoms with Crippen LogP contribution >= 0.6 is 11.3 Å². The van der Waals surface area contributed by atoms with Gasteiger partial charge in [0.05, 0.1) is 11.7 Å². The molecule has 1 N–H and O–H groups in total. The first kappa shape index (κ1) is 12.9. The van der Waals surface area contributed by atoms with Crippen LogP contribution in [-0.2, 0) is 0 Å². The molecule has 2 heterocycles. The van der Waals surface area contributed by atoms with E-state index in [0.29, 0.717) is 6.04 Å². The maximum absolute atomic E-state index is 4.40. The van der Waals surface area contributed by atoms with Gasteiger partial charge in [-0.2, -0.15) is 0 Å². The molecule has 2 aromatic rings. The minimum Gasteiger partial charge on any atom is -0.375 e. The van der Waals surface area contributed by atoms with Crippen molar-refractivity contribution in [3.63, 3.8) is 0 Å². The van der Waals surface area contributed by atoms with Crippen molar-refractivity contribution in [1.82, 2.24) is 4.98 Å². The molecule has 4 heteroatoms. The fourth-order valence-corrected chi connectivity index (χ4v) is 2.74. The lowest BCUT2D eigenvalue weighted by molar-refractivity contribution is 0.901. The van der Waals surface area contributed by atoms with Gasteiger partial charge >= 0.3 is 0 Å². The number of aromatic nitrogens is 1. The third-order valence-corrected chi connectivity index (χ3v) is 3.95. The Labute approximate surface area is 112 Å². The van der Waals surface area contributed by atoms with Crippen molar-refractivity contribution in [1.29, 1.82) is 0 Å². The summed E-state index contributed by atoms with van der Waals surface area (Å²) in [6.07, 6.45) is 1.82. The standard InChI is InChI=1S/C14H19N3S/c1-10-7-8-13(18-10)11(2)16-12-6-5-9-15-14(12)17(3)4/h5-9,11,16H,1-4H3. The van der Waals surface area contributed by atoms with Gasteiger partial charge in [-0.3, -0.25) is 0 Å². The van der Waals surface area contributed by atoms with Crippen molar-refractivity contribution >= 4 is 22.8 Å². The Balaban J connectivity index is 2.19. The van der Waals surface area contributed by atoms with Crippen molar-refractivity contribution in [3.05, 3.63) is 40.2 Å². The quantitative estimate of drug-likeness (QED) is 0.909. The van der Waals surface area contributed by atoms with Crippen LogP contribution in [0, 0.1) is 6.92 Å². The molecule has 2 aromatic heterocycles. The number of nitrogens with zero attached hydrogens (tertiary/aromatic N) is 2. The van der Waals surface area contributed by atoms with E-state index in [1.54, 1.807) is 0 Å². The third-order valence-electron chi connectivity index (χ3n) is 2.77. The molecular weight excluding hydrogens is 242 g/mol. The van der Waals surface area contributed by atoms with Crippen LogP contribution in [0.5, 0.6) is 0 Å². The molecule has 0 saturated carbocycles. The Kier molecular flexibility index (Phi) is 3.87. The van der Waals surface area contributed by atoms with E-state index in [-0.39, 0.29) is 0 Å². The SMILES string of the molecule is Cc1ccc(C(C)Nc2cccnc2N(C)C)s1. The summed E-state index contributed by atoms with van der Waals surface area (Å²) in [5.74, 6) is 0.970. The van der Waals surface area contributed by atoms with Gasteiger partial charge in [-0.25, -0.2) is 4.98 Å². The predicted octanol–water partition coefficient (Wildman–Crippen LogP) is 3.69. The average Bonchev–Trinajstić information content (AvgIpc) is 2.76. The van der Waals surface area contributed by atoms with Crippen LogP contribution in [0.3, 0.4) is 0 Å². The van der Waals surface area contributed by atoms with E-state index in [9.17, 15) is 0 Å². The van der Waals surface area contributed by atoms with Gasteiger partial charge in [0.15, 0.2) is 5.82 Å². The molecule has 0 bridgehead atoms. The Hall–Kier alpha value is -1.55. The molecule has 0 aliphatic rings. The highest BCUT2D eigenvalue weighted by Crippen LogP contribution is 2.29. The first-order valence-corrected chi connectivity index (χ1v) is 6.85. The second-order valence-corrected chi connectivity index (χ2v) is 5.90. The van der Waals surface area contributed by atoms with Gasteiger partial charge in [-0.05, 0) is 38.1 Å². The highest BCUT2D eigenvalue weighted by Gasteiger charge is 2.11. The summed E-state index contributed by atoms with van der Waals surface area (Å²) < 4.78 is 0. The van der Waals surface area contributed by atoms with Crippen LogP contribution in [0.1, 0.15) is 22.7 Å². The maximum atomic E-state index is 4.40. The first-order valence-electron chi connectivity index (χ1n) is 6.03. The van der Waals surface area contributed by atoms with Crippen molar-refractivity contribution in [2.45, 2.75) is 19.9 Å². The van der Waals surface area contributed by atoms with Gasteiger partial charge in [-0.1, -0.05) is 0 Å². The minimum atomic E-state index is 0.298. The average molecular weight is 261 g/mol. The van der Waals surface area contributed by atoms with Gasteiger partial charge in [0.25, 0.3) is 0 Å². The molecule has 2 rings (SSSR count). The van der Waals surface area contributed by atoms with E-state index in [1.807, 2.05) is 42.6 Å². The lowest BCUT2D eigenvalue weighted by Crippen LogP contribution is -2.15. The summed E-state index contributed by atoms with van der Waals surface area (Å²) in [4.78, 5) is 9.11. The molecular formula is C14H19N3S. The molecule has 0 radical (unpaired) electrons. The van der Waals surface area contributed by atoms with E-state index in [2.05, 4.69) is 42.3 Å².